The second-order valence-electron chi connectivity index (χ2n) is 4.86. The molecule has 0 rings (SSSR count). The van der Waals surface area contributed by atoms with E-state index in [-0.39, 0.29) is 32.7 Å². The minimum Gasteiger partial charge on any atom is -0.465 e. The van der Waals surface area contributed by atoms with Crippen LogP contribution in [0.25, 0.3) is 0 Å². The second-order valence-corrected chi connectivity index (χ2v) is 4.86. The van der Waals surface area contributed by atoms with Crippen LogP contribution in [0.4, 0.5) is 0 Å². The molecule has 0 heterocycles. The lowest BCUT2D eigenvalue weighted by molar-refractivity contribution is -0.171. The van der Waals surface area contributed by atoms with Gasteiger partial charge in [0.15, 0.2) is 5.41 Å². The Balaban J connectivity index is 5.60. The third-order valence-corrected chi connectivity index (χ3v) is 2.79. The van der Waals surface area contributed by atoms with E-state index in [0.29, 0.717) is 5.57 Å². The number of rotatable bonds is 8. The molecular formula is C17H24O6. The van der Waals surface area contributed by atoms with Crippen molar-refractivity contribution in [1.29, 1.82) is 0 Å². The van der Waals surface area contributed by atoms with Crippen molar-refractivity contribution in [1.82, 2.24) is 0 Å². The Morgan fingerprint density at radius 1 is 0.957 bits per heavy atom. The van der Waals surface area contributed by atoms with Gasteiger partial charge in [-0.05, 0) is 34.1 Å². The van der Waals surface area contributed by atoms with Gasteiger partial charge >= 0.3 is 17.9 Å². The highest BCUT2D eigenvalue weighted by Crippen LogP contribution is 2.33. The molecule has 23 heavy (non-hydrogen) atoms. The molecule has 0 saturated heterocycles. The number of hydrogen-bond donors (Lipinski definition) is 0. The molecule has 0 fully saturated rings. The number of hydrogen-bond acceptors (Lipinski definition) is 6. The summed E-state index contributed by atoms with van der Waals surface area (Å²) in [5.74, 6) is 2.59. The van der Waals surface area contributed by atoms with Gasteiger partial charge in [-0.25, -0.2) is 4.79 Å². The van der Waals surface area contributed by atoms with Crippen LogP contribution in [0.5, 0.6) is 0 Å². The maximum atomic E-state index is 12.4. The number of esters is 3. The topological polar surface area (TPSA) is 78.9 Å². The van der Waals surface area contributed by atoms with Crippen LogP contribution in [0.15, 0.2) is 12.2 Å². The summed E-state index contributed by atoms with van der Waals surface area (Å²) < 4.78 is 14.7. The third-order valence-electron chi connectivity index (χ3n) is 2.79. The van der Waals surface area contributed by atoms with E-state index in [4.69, 9.17) is 14.2 Å². The Labute approximate surface area is 137 Å². The monoisotopic (exact) mass is 324 g/mol. The van der Waals surface area contributed by atoms with Crippen molar-refractivity contribution in [2.75, 3.05) is 19.8 Å². The lowest BCUT2D eigenvalue weighted by Gasteiger charge is -2.27. The highest BCUT2D eigenvalue weighted by atomic mass is 16.6. The van der Waals surface area contributed by atoms with E-state index in [1.807, 2.05) is 0 Å². The van der Waals surface area contributed by atoms with E-state index in [1.165, 1.54) is 0 Å². The fraction of sp³-hybridized carbons (Fsp3) is 0.588. The Hall–Kier alpha value is -2.29. The molecule has 0 aromatic carbocycles. The molecule has 0 amide bonds. The van der Waals surface area contributed by atoms with E-state index < -0.39 is 23.3 Å². The first-order chi connectivity index (χ1) is 10.8. The Bertz CT molecular complexity index is 491. The molecule has 0 spiro atoms. The van der Waals surface area contributed by atoms with Gasteiger partial charge < -0.3 is 14.2 Å². The van der Waals surface area contributed by atoms with Gasteiger partial charge in [0.25, 0.3) is 0 Å². The summed E-state index contributed by atoms with van der Waals surface area (Å²) in [6.45, 7) is 10.8. The predicted molar refractivity (Wildman–Crippen MR) is 84.2 cm³/mol. The quantitative estimate of drug-likeness (QED) is 0.170. The van der Waals surface area contributed by atoms with E-state index in [2.05, 4.69) is 18.4 Å². The Morgan fingerprint density at radius 3 is 1.83 bits per heavy atom. The highest BCUT2D eigenvalue weighted by molar-refractivity contribution is 6.01. The van der Waals surface area contributed by atoms with Gasteiger partial charge in [-0.1, -0.05) is 11.5 Å². The fourth-order valence-corrected chi connectivity index (χ4v) is 1.92. The summed E-state index contributed by atoms with van der Waals surface area (Å²) in [6.07, 6.45) is -0.182. The first-order valence-corrected chi connectivity index (χ1v) is 7.48. The molecular weight excluding hydrogens is 300 g/mol. The molecule has 0 aliphatic rings. The van der Waals surface area contributed by atoms with Crippen LogP contribution in [0.2, 0.25) is 0 Å². The predicted octanol–water partition coefficient (Wildman–Crippen LogP) is 2.02. The zero-order chi connectivity index (χ0) is 17.9. The Kier molecular flexibility index (Phi) is 9.40. The third kappa shape index (κ3) is 6.55. The van der Waals surface area contributed by atoms with Crippen molar-refractivity contribution in [3.05, 3.63) is 12.2 Å². The van der Waals surface area contributed by atoms with Gasteiger partial charge in [-0.3, -0.25) is 9.59 Å². The zero-order valence-electron chi connectivity index (χ0n) is 14.2. The molecule has 0 N–H and O–H groups in total. The van der Waals surface area contributed by atoms with Gasteiger partial charge in [0.2, 0.25) is 0 Å². The van der Waals surface area contributed by atoms with Crippen LogP contribution in [0.3, 0.4) is 0 Å². The summed E-state index contributed by atoms with van der Waals surface area (Å²) >= 11 is 0. The minimum absolute atomic E-state index is 0.0299. The van der Waals surface area contributed by atoms with Crippen molar-refractivity contribution in [3.8, 4) is 11.8 Å². The maximum Gasteiger partial charge on any atom is 0.384 e. The minimum atomic E-state index is -1.63. The summed E-state index contributed by atoms with van der Waals surface area (Å²) in [6, 6.07) is 0. The molecule has 0 saturated carbocycles. The van der Waals surface area contributed by atoms with Crippen LogP contribution >= 0.6 is 0 Å². The molecule has 128 valence electrons. The van der Waals surface area contributed by atoms with Gasteiger partial charge in [0.1, 0.15) is 0 Å². The fourth-order valence-electron chi connectivity index (χ4n) is 1.92. The molecule has 0 aromatic heterocycles. The average molecular weight is 324 g/mol. The standard InChI is InChI=1S/C17H24O6/c1-6-21-14(18)10-9-11-17(12-13(4)5,15(19)22-7-2)16(20)23-8-3/h4,6-8,11-12H2,1-3,5H3. The van der Waals surface area contributed by atoms with Crippen molar-refractivity contribution in [2.24, 2.45) is 5.41 Å². The van der Waals surface area contributed by atoms with Crippen molar-refractivity contribution in [2.45, 2.75) is 40.5 Å². The van der Waals surface area contributed by atoms with Gasteiger partial charge in [-0.2, -0.15) is 0 Å². The maximum absolute atomic E-state index is 12.4. The summed E-state index contributed by atoms with van der Waals surface area (Å²) in [4.78, 5) is 36.0. The van der Waals surface area contributed by atoms with E-state index in [1.54, 1.807) is 27.7 Å². The first-order valence-electron chi connectivity index (χ1n) is 7.48. The lowest BCUT2D eigenvalue weighted by Crippen LogP contribution is -2.42. The molecule has 0 aliphatic heterocycles. The first kappa shape index (κ1) is 20.7. The van der Waals surface area contributed by atoms with Gasteiger partial charge in [0.05, 0.1) is 19.8 Å². The number of ether oxygens (including phenoxy) is 3. The van der Waals surface area contributed by atoms with Gasteiger partial charge in [-0.15, -0.1) is 6.58 Å². The average Bonchev–Trinajstić information content (AvgIpc) is 2.46. The highest BCUT2D eigenvalue weighted by Gasteiger charge is 2.48. The molecule has 6 heteroatoms. The van der Waals surface area contributed by atoms with Crippen LogP contribution in [-0.2, 0) is 28.6 Å². The van der Waals surface area contributed by atoms with Crippen LogP contribution in [0.1, 0.15) is 40.5 Å². The van der Waals surface area contributed by atoms with Crippen molar-refractivity contribution in [3.63, 3.8) is 0 Å². The Morgan fingerprint density at radius 2 is 1.43 bits per heavy atom. The van der Waals surface area contributed by atoms with Crippen LogP contribution in [-0.4, -0.2) is 37.7 Å². The van der Waals surface area contributed by atoms with Crippen LogP contribution in [0, 0.1) is 17.3 Å². The normalized spacial score (nSPS) is 10.1. The number of carbonyl (C=O) groups excluding carboxylic acids is 3. The smallest absolute Gasteiger partial charge is 0.384 e. The SMILES string of the molecule is C=C(C)CC(CC#CC(=O)OCC)(C(=O)OCC)C(=O)OCC. The van der Waals surface area contributed by atoms with E-state index in [9.17, 15) is 14.4 Å². The van der Waals surface area contributed by atoms with Crippen molar-refractivity contribution < 1.29 is 28.6 Å². The molecule has 0 aliphatic carbocycles. The molecule has 0 aromatic rings. The number of allylic oxidation sites excluding steroid dienone is 1. The largest absolute Gasteiger partial charge is 0.465 e. The summed E-state index contributed by atoms with van der Waals surface area (Å²) in [5.41, 5.74) is -1.03. The number of carbonyl (C=O) groups is 3. The summed E-state index contributed by atoms with van der Waals surface area (Å²) in [5, 5.41) is 0. The van der Waals surface area contributed by atoms with Crippen LogP contribution < -0.4 is 0 Å². The second kappa shape index (κ2) is 10.4. The molecule has 6 nitrogen and oxygen atoms in total. The molecule has 0 bridgehead atoms. The van der Waals surface area contributed by atoms with Crippen molar-refractivity contribution >= 4 is 17.9 Å². The van der Waals surface area contributed by atoms with E-state index >= 15 is 0 Å². The summed E-state index contributed by atoms with van der Waals surface area (Å²) in [7, 11) is 0. The zero-order valence-corrected chi connectivity index (χ0v) is 14.2. The van der Waals surface area contributed by atoms with E-state index in [0.717, 1.165) is 0 Å². The molecule has 0 unspecified atom stereocenters. The lowest BCUT2D eigenvalue weighted by atomic mass is 9.79. The molecule has 0 radical (unpaired) electrons. The van der Waals surface area contributed by atoms with Gasteiger partial charge in [0, 0.05) is 12.3 Å². The molecule has 0 atom stereocenters.